The summed E-state index contributed by atoms with van der Waals surface area (Å²) in [5.74, 6) is -0.0000748. The Morgan fingerprint density at radius 3 is 2.96 bits per heavy atom. The predicted octanol–water partition coefficient (Wildman–Crippen LogP) is 2.53. The minimum Gasteiger partial charge on any atom is -0.481 e. The van der Waals surface area contributed by atoms with E-state index in [0.29, 0.717) is 38.8 Å². The van der Waals surface area contributed by atoms with Crippen LogP contribution in [0.5, 0.6) is 0 Å². The summed E-state index contributed by atoms with van der Waals surface area (Å²) in [6, 6.07) is 5.76. The van der Waals surface area contributed by atoms with E-state index in [2.05, 4.69) is 9.97 Å². The van der Waals surface area contributed by atoms with E-state index in [1.165, 1.54) is 0 Å². The number of fused-ring (bicyclic) bond motifs is 1. The largest absolute Gasteiger partial charge is 0.481 e. The summed E-state index contributed by atoms with van der Waals surface area (Å²) in [4.78, 5) is 34.1. The first kappa shape index (κ1) is 19.4. The van der Waals surface area contributed by atoms with Gasteiger partial charge in [-0.3, -0.25) is 9.59 Å². The molecule has 1 amide bonds. The number of carboxylic acids is 1. The third-order valence-corrected chi connectivity index (χ3v) is 5.41. The molecule has 1 fully saturated rings. The number of aryl methyl sites for hydroxylation is 1. The normalized spacial score (nSPS) is 20.1. The van der Waals surface area contributed by atoms with Crippen LogP contribution in [0.3, 0.4) is 0 Å². The third kappa shape index (κ3) is 4.30. The molecule has 1 atom stereocenters. The number of aliphatic carboxylic acids is 1. The Balaban J connectivity index is 1.70. The van der Waals surface area contributed by atoms with Gasteiger partial charge in [-0.15, -0.1) is 0 Å². The van der Waals surface area contributed by atoms with Gasteiger partial charge in [-0.1, -0.05) is 6.07 Å². The van der Waals surface area contributed by atoms with Gasteiger partial charge in [0.25, 0.3) is 0 Å². The molecule has 7 heteroatoms. The van der Waals surface area contributed by atoms with Gasteiger partial charge in [-0.25, -0.2) is 4.98 Å². The molecule has 0 saturated carbocycles. The van der Waals surface area contributed by atoms with E-state index >= 15 is 0 Å². The van der Waals surface area contributed by atoms with E-state index in [1.807, 2.05) is 25.1 Å². The molecular weight excluding hydrogens is 346 g/mol. The second kappa shape index (κ2) is 8.08. The fraction of sp³-hybridized carbons (Fsp3) is 0.550. The second-order valence-electron chi connectivity index (χ2n) is 7.45. The number of aromatic nitrogens is 2. The van der Waals surface area contributed by atoms with Crippen LogP contribution in [0, 0.1) is 12.3 Å². The predicted molar refractivity (Wildman–Crippen MR) is 102 cm³/mol. The van der Waals surface area contributed by atoms with Crippen molar-refractivity contribution in [3.63, 3.8) is 0 Å². The maximum Gasteiger partial charge on any atom is 0.311 e. The molecule has 7 nitrogen and oxygen atoms in total. The Morgan fingerprint density at radius 1 is 1.41 bits per heavy atom. The number of amides is 1. The van der Waals surface area contributed by atoms with Crippen LogP contribution in [0.15, 0.2) is 18.2 Å². The van der Waals surface area contributed by atoms with Crippen LogP contribution in [-0.2, 0) is 20.7 Å². The lowest BCUT2D eigenvalue weighted by Crippen LogP contribution is -2.50. The number of methoxy groups -OCH3 is 1. The molecule has 27 heavy (non-hydrogen) atoms. The summed E-state index contributed by atoms with van der Waals surface area (Å²) in [5, 5.41) is 9.81. The first-order chi connectivity index (χ1) is 12.9. The Labute approximate surface area is 158 Å². The standard InChI is InChI=1S/C20H27N3O4/c1-14-21-16-6-5-15(11-17(16)22-14)12-18(24)23-9-3-7-20(13-23,19(25)26)8-4-10-27-2/h5-6,11H,3-4,7-10,12-13H2,1-2H3,(H,21,22)(H,25,26)/t20-/m1/s1. The van der Waals surface area contributed by atoms with Crippen LogP contribution >= 0.6 is 0 Å². The quantitative estimate of drug-likeness (QED) is 0.727. The SMILES string of the molecule is COCCC[C@]1(C(=O)O)CCCN(C(=O)Cc2ccc3nc(C)[nH]c3c2)C1. The molecule has 0 aliphatic carbocycles. The molecule has 146 valence electrons. The van der Waals surface area contributed by atoms with Crippen LogP contribution in [-0.4, -0.2) is 58.7 Å². The number of carbonyl (C=O) groups is 2. The Bertz CT molecular complexity index is 832. The van der Waals surface area contributed by atoms with Crippen molar-refractivity contribution >= 4 is 22.9 Å². The number of aromatic amines is 1. The van der Waals surface area contributed by atoms with E-state index in [-0.39, 0.29) is 18.9 Å². The average molecular weight is 373 g/mol. The molecule has 1 aliphatic rings. The van der Waals surface area contributed by atoms with Crippen molar-refractivity contribution in [2.75, 3.05) is 26.8 Å². The van der Waals surface area contributed by atoms with Gasteiger partial charge in [0.15, 0.2) is 0 Å². The van der Waals surface area contributed by atoms with Crippen LogP contribution in [0.1, 0.15) is 37.1 Å². The van der Waals surface area contributed by atoms with Gasteiger partial charge < -0.3 is 19.7 Å². The summed E-state index contributed by atoms with van der Waals surface area (Å²) in [5.41, 5.74) is 1.83. The Hall–Kier alpha value is -2.41. The number of hydrogen-bond acceptors (Lipinski definition) is 4. The van der Waals surface area contributed by atoms with E-state index < -0.39 is 11.4 Å². The van der Waals surface area contributed by atoms with Gasteiger partial charge in [-0.05, 0) is 50.3 Å². The van der Waals surface area contributed by atoms with Crippen molar-refractivity contribution in [1.29, 1.82) is 0 Å². The van der Waals surface area contributed by atoms with Gasteiger partial charge in [0.05, 0.1) is 22.9 Å². The Morgan fingerprint density at radius 2 is 2.22 bits per heavy atom. The first-order valence-corrected chi connectivity index (χ1v) is 9.39. The van der Waals surface area contributed by atoms with Crippen LogP contribution in [0.25, 0.3) is 11.0 Å². The molecule has 2 heterocycles. The third-order valence-electron chi connectivity index (χ3n) is 5.41. The number of H-pyrrole nitrogens is 1. The lowest BCUT2D eigenvalue weighted by molar-refractivity contribution is -0.155. The van der Waals surface area contributed by atoms with Crippen molar-refractivity contribution < 1.29 is 19.4 Å². The van der Waals surface area contributed by atoms with Crippen molar-refractivity contribution in [2.45, 2.75) is 39.0 Å². The molecule has 1 aliphatic heterocycles. The molecule has 0 bridgehead atoms. The van der Waals surface area contributed by atoms with Crippen molar-refractivity contribution in [1.82, 2.24) is 14.9 Å². The lowest BCUT2D eigenvalue weighted by atomic mass is 9.76. The highest BCUT2D eigenvalue weighted by Gasteiger charge is 2.43. The van der Waals surface area contributed by atoms with Crippen LogP contribution < -0.4 is 0 Å². The summed E-state index contributed by atoms with van der Waals surface area (Å²) in [6.07, 6.45) is 2.79. The second-order valence-corrected chi connectivity index (χ2v) is 7.45. The number of benzene rings is 1. The molecule has 1 saturated heterocycles. The van der Waals surface area contributed by atoms with Crippen LogP contribution in [0.2, 0.25) is 0 Å². The summed E-state index contributed by atoms with van der Waals surface area (Å²) < 4.78 is 5.07. The average Bonchev–Trinajstić information content (AvgIpc) is 3.01. The number of rotatable bonds is 7. The number of nitrogens with zero attached hydrogens (tertiary/aromatic N) is 2. The molecular formula is C20H27N3O4. The number of imidazole rings is 1. The topological polar surface area (TPSA) is 95.5 Å². The number of hydrogen-bond donors (Lipinski definition) is 2. The zero-order chi connectivity index (χ0) is 19.4. The van der Waals surface area contributed by atoms with Crippen molar-refractivity contribution in [3.8, 4) is 0 Å². The fourth-order valence-electron chi connectivity index (χ4n) is 3.97. The van der Waals surface area contributed by atoms with Gasteiger partial charge >= 0.3 is 5.97 Å². The number of piperidine rings is 1. The molecule has 1 aromatic heterocycles. The monoisotopic (exact) mass is 373 g/mol. The molecule has 3 rings (SSSR count). The molecule has 2 aromatic rings. The molecule has 2 N–H and O–H groups in total. The zero-order valence-electron chi connectivity index (χ0n) is 16.0. The van der Waals surface area contributed by atoms with E-state index in [9.17, 15) is 14.7 Å². The van der Waals surface area contributed by atoms with Crippen LogP contribution in [0.4, 0.5) is 0 Å². The minimum atomic E-state index is -0.864. The number of likely N-dealkylation sites (tertiary alicyclic amines) is 1. The zero-order valence-corrected chi connectivity index (χ0v) is 16.0. The number of carbonyl (C=O) groups excluding carboxylic acids is 1. The first-order valence-electron chi connectivity index (χ1n) is 9.39. The lowest BCUT2D eigenvalue weighted by Gasteiger charge is -2.40. The fourth-order valence-corrected chi connectivity index (χ4v) is 3.97. The van der Waals surface area contributed by atoms with E-state index in [0.717, 1.165) is 22.4 Å². The maximum absolute atomic E-state index is 12.8. The highest BCUT2D eigenvalue weighted by atomic mass is 16.5. The molecule has 0 spiro atoms. The Kier molecular flexibility index (Phi) is 5.79. The van der Waals surface area contributed by atoms with Gasteiger partial charge in [-0.2, -0.15) is 0 Å². The van der Waals surface area contributed by atoms with Gasteiger partial charge in [0, 0.05) is 26.8 Å². The highest BCUT2D eigenvalue weighted by Crippen LogP contribution is 2.35. The summed E-state index contributed by atoms with van der Waals surface area (Å²) in [6.45, 7) is 3.32. The van der Waals surface area contributed by atoms with Gasteiger partial charge in [0.1, 0.15) is 5.82 Å². The number of ether oxygens (including phenoxy) is 1. The van der Waals surface area contributed by atoms with Gasteiger partial charge in [0.2, 0.25) is 5.91 Å². The molecule has 1 aromatic carbocycles. The number of nitrogens with one attached hydrogen (secondary N) is 1. The number of carboxylic acid groups (broad SMARTS) is 1. The summed E-state index contributed by atoms with van der Waals surface area (Å²) in [7, 11) is 1.61. The smallest absolute Gasteiger partial charge is 0.311 e. The minimum absolute atomic E-state index is 0.0253. The maximum atomic E-state index is 12.8. The van der Waals surface area contributed by atoms with Crippen molar-refractivity contribution in [3.05, 3.63) is 29.6 Å². The molecule has 0 radical (unpaired) electrons. The summed E-state index contributed by atoms with van der Waals surface area (Å²) >= 11 is 0. The molecule has 0 unspecified atom stereocenters. The van der Waals surface area contributed by atoms with E-state index in [4.69, 9.17) is 4.74 Å². The van der Waals surface area contributed by atoms with E-state index in [1.54, 1.807) is 12.0 Å². The van der Waals surface area contributed by atoms with Crippen molar-refractivity contribution in [2.24, 2.45) is 5.41 Å². The highest BCUT2D eigenvalue weighted by molar-refractivity contribution is 5.83.